The molecule has 0 aliphatic carbocycles. The summed E-state index contributed by atoms with van der Waals surface area (Å²) < 4.78 is 0. The van der Waals surface area contributed by atoms with E-state index in [2.05, 4.69) is 13.0 Å². The molecule has 1 aliphatic rings. The van der Waals surface area contributed by atoms with Gasteiger partial charge >= 0.3 is 0 Å². The lowest BCUT2D eigenvalue weighted by Crippen LogP contribution is -2.46. The molecule has 0 fully saturated rings. The van der Waals surface area contributed by atoms with Crippen molar-refractivity contribution >= 4 is 11.6 Å². The molecule has 1 amide bonds. The predicted molar refractivity (Wildman–Crippen MR) is 85.1 cm³/mol. The van der Waals surface area contributed by atoms with Crippen molar-refractivity contribution < 1.29 is 4.79 Å². The summed E-state index contributed by atoms with van der Waals surface area (Å²) in [6.45, 7) is 2.09. The van der Waals surface area contributed by atoms with Crippen LogP contribution in [0.3, 0.4) is 0 Å². The van der Waals surface area contributed by atoms with Crippen LogP contribution in [0, 0.1) is 0 Å². The van der Waals surface area contributed by atoms with E-state index in [4.69, 9.17) is 5.73 Å². The minimum atomic E-state index is -0.611. The normalized spacial score (nSPS) is 19.0. The summed E-state index contributed by atoms with van der Waals surface area (Å²) in [5.74, 6) is -0.0270. The number of nitrogens with zero attached hydrogens (tertiary/aromatic N) is 1. The molecule has 3 nitrogen and oxygen atoms in total. The highest BCUT2D eigenvalue weighted by atomic mass is 16.2. The minimum Gasteiger partial charge on any atom is -0.316 e. The summed E-state index contributed by atoms with van der Waals surface area (Å²) in [6, 6.07) is 17.2. The van der Waals surface area contributed by atoms with E-state index in [1.165, 1.54) is 5.56 Å². The third-order valence-corrected chi connectivity index (χ3v) is 4.19. The minimum absolute atomic E-state index is 0.0270. The van der Waals surface area contributed by atoms with E-state index in [0.717, 1.165) is 24.1 Å². The highest BCUT2D eigenvalue weighted by molar-refractivity contribution is 5.99. The summed E-state index contributed by atoms with van der Waals surface area (Å²) in [5, 5.41) is 0. The molecule has 108 valence electrons. The summed E-state index contributed by atoms with van der Waals surface area (Å²) in [5.41, 5.74) is 9.29. The van der Waals surface area contributed by atoms with Gasteiger partial charge in [-0.1, -0.05) is 48.5 Å². The zero-order chi connectivity index (χ0) is 14.8. The van der Waals surface area contributed by atoms with Crippen LogP contribution in [0.5, 0.6) is 0 Å². The Morgan fingerprint density at radius 3 is 2.57 bits per heavy atom. The number of anilines is 1. The lowest BCUT2D eigenvalue weighted by Gasteiger charge is -2.36. The number of aryl methyl sites for hydroxylation is 1. The lowest BCUT2D eigenvalue weighted by atomic mass is 9.95. The van der Waals surface area contributed by atoms with Gasteiger partial charge in [0.05, 0.1) is 0 Å². The molecule has 3 heteroatoms. The van der Waals surface area contributed by atoms with Gasteiger partial charge < -0.3 is 10.6 Å². The number of hydrogen-bond acceptors (Lipinski definition) is 2. The Morgan fingerprint density at radius 1 is 1.14 bits per heavy atom. The standard InChI is InChI=1S/C18H20N2O/c1-13-11-12-14-7-5-6-10-16(14)20(13)18(21)17(19)15-8-3-2-4-9-15/h2-10,13,17H,11-12,19H2,1H3/t13?,17-/m0/s1. The van der Waals surface area contributed by atoms with E-state index in [1.54, 1.807) is 0 Å². The fourth-order valence-electron chi connectivity index (χ4n) is 2.98. The largest absolute Gasteiger partial charge is 0.316 e. The Hall–Kier alpha value is -2.13. The third-order valence-electron chi connectivity index (χ3n) is 4.19. The Bertz CT molecular complexity index is 639. The van der Waals surface area contributed by atoms with Gasteiger partial charge in [-0.2, -0.15) is 0 Å². The number of carbonyl (C=O) groups excluding carboxylic acids is 1. The molecule has 2 N–H and O–H groups in total. The van der Waals surface area contributed by atoms with E-state index in [0.29, 0.717) is 0 Å². The maximum Gasteiger partial charge on any atom is 0.248 e. The molecule has 3 rings (SSSR count). The SMILES string of the molecule is CC1CCc2ccccc2N1C(=O)[C@@H](N)c1ccccc1. The zero-order valence-electron chi connectivity index (χ0n) is 12.2. The first-order valence-electron chi connectivity index (χ1n) is 7.40. The monoisotopic (exact) mass is 280 g/mol. The van der Waals surface area contributed by atoms with Gasteiger partial charge in [-0.15, -0.1) is 0 Å². The second kappa shape index (κ2) is 5.70. The second-order valence-corrected chi connectivity index (χ2v) is 5.61. The van der Waals surface area contributed by atoms with Crippen LogP contribution >= 0.6 is 0 Å². The number of rotatable bonds is 2. The van der Waals surface area contributed by atoms with E-state index in [1.807, 2.05) is 53.4 Å². The Morgan fingerprint density at radius 2 is 1.81 bits per heavy atom. The number of amides is 1. The van der Waals surface area contributed by atoms with Crippen LogP contribution in [0.15, 0.2) is 54.6 Å². The molecule has 2 atom stereocenters. The number of carbonyl (C=O) groups is 1. The molecule has 2 aromatic carbocycles. The molecular formula is C18H20N2O. The Kier molecular flexibility index (Phi) is 3.76. The van der Waals surface area contributed by atoms with Crippen molar-refractivity contribution in [3.63, 3.8) is 0 Å². The topological polar surface area (TPSA) is 46.3 Å². The van der Waals surface area contributed by atoms with Gasteiger partial charge in [0.2, 0.25) is 5.91 Å². The number of fused-ring (bicyclic) bond motifs is 1. The van der Waals surface area contributed by atoms with Gasteiger partial charge in [-0.05, 0) is 37.0 Å². The molecule has 21 heavy (non-hydrogen) atoms. The lowest BCUT2D eigenvalue weighted by molar-refractivity contribution is -0.120. The number of nitrogens with two attached hydrogens (primary N) is 1. The maximum atomic E-state index is 12.9. The van der Waals surface area contributed by atoms with Crippen LogP contribution in [0.1, 0.15) is 30.5 Å². The molecule has 0 spiro atoms. The first-order valence-corrected chi connectivity index (χ1v) is 7.40. The van der Waals surface area contributed by atoms with Crippen LogP contribution in [0.2, 0.25) is 0 Å². The predicted octanol–water partition coefficient (Wildman–Crippen LogP) is 3.05. The van der Waals surface area contributed by atoms with E-state index in [-0.39, 0.29) is 11.9 Å². The molecule has 1 heterocycles. The van der Waals surface area contributed by atoms with Crippen LogP contribution < -0.4 is 10.6 Å². The molecular weight excluding hydrogens is 260 g/mol. The van der Waals surface area contributed by atoms with Crippen LogP contribution in [-0.4, -0.2) is 11.9 Å². The first kappa shape index (κ1) is 13.8. The van der Waals surface area contributed by atoms with Crippen molar-refractivity contribution in [2.75, 3.05) is 4.90 Å². The van der Waals surface area contributed by atoms with Gasteiger partial charge in [0.15, 0.2) is 0 Å². The van der Waals surface area contributed by atoms with Crippen LogP contribution in [0.25, 0.3) is 0 Å². The number of hydrogen-bond donors (Lipinski definition) is 1. The second-order valence-electron chi connectivity index (χ2n) is 5.61. The highest BCUT2D eigenvalue weighted by Gasteiger charge is 2.31. The summed E-state index contributed by atoms with van der Waals surface area (Å²) in [6.07, 6.45) is 1.99. The summed E-state index contributed by atoms with van der Waals surface area (Å²) in [7, 11) is 0. The van der Waals surface area contributed by atoms with E-state index < -0.39 is 6.04 Å². The summed E-state index contributed by atoms with van der Waals surface area (Å²) in [4.78, 5) is 14.7. The highest BCUT2D eigenvalue weighted by Crippen LogP contribution is 2.32. The van der Waals surface area contributed by atoms with Crippen molar-refractivity contribution in [2.24, 2.45) is 5.73 Å². The fraction of sp³-hybridized carbons (Fsp3) is 0.278. The number of benzene rings is 2. The molecule has 0 aromatic heterocycles. The number of para-hydroxylation sites is 1. The van der Waals surface area contributed by atoms with Crippen LogP contribution in [0.4, 0.5) is 5.69 Å². The van der Waals surface area contributed by atoms with Crippen molar-refractivity contribution in [2.45, 2.75) is 31.8 Å². The molecule has 0 radical (unpaired) electrons. The smallest absolute Gasteiger partial charge is 0.248 e. The van der Waals surface area contributed by atoms with Crippen molar-refractivity contribution in [3.8, 4) is 0 Å². The average Bonchev–Trinajstić information content (AvgIpc) is 2.54. The van der Waals surface area contributed by atoms with Gasteiger partial charge in [-0.25, -0.2) is 0 Å². The average molecular weight is 280 g/mol. The molecule has 0 bridgehead atoms. The fourth-order valence-corrected chi connectivity index (χ4v) is 2.98. The molecule has 0 saturated heterocycles. The van der Waals surface area contributed by atoms with E-state index in [9.17, 15) is 4.79 Å². The van der Waals surface area contributed by atoms with Crippen molar-refractivity contribution in [3.05, 3.63) is 65.7 Å². The Balaban J connectivity index is 1.94. The van der Waals surface area contributed by atoms with E-state index >= 15 is 0 Å². The first-order chi connectivity index (χ1) is 10.2. The summed E-state index contributed by atoms with van der Waals surface area (Å²) >= 11 is 0. The molecule has 1 unspecified atom stereocenters. The van der Waals surface area contributed by atoms with Gasteiger partial charge in [0.1, 0.15) is 6.04 Å². The third kappa shape index (κ3) is 2.57. The van der Waals surface area contributed by atoms with Crippen LogP contribution in [-0.2, 0) is 11.2 Å². The maximum absolute atomic E-state index is 12.9. The van der Waals surface area contributed by atoms with Gasteiger partial charge in [-0.3, -0.25) is 4.79 Å². The molecule has 0 saturated carbocycles. The zero-order valence-corrected chi connectivity index (χ0v) is 12.2. The molecule has 1 aliphatic heterocycles. The van der Waals surface area contributed by atoms with Gasteiger partial charge in [0.25, 0.3) is 0 Å². The molecule has 2 aromatic rings. The van der Waals surface area contributed by atoms with Crippen molar-refractivity contribution in [1.29, 1.82) is 0 Å². The van der Waals surface area contributed by atoms with Gasteiger partial charge in [0, 0.05) is 11.7 Å². The Labute approximate surface area is 125 Å². The van der Waals surface area contributed by atoms with Crippen molar-refractivity contribution in [1.82, 2.24) is 0 Å². The quantitative estimate of drug-likeness (QED) is 0.919.